The van der Waals surface area contributed by atoms with Gasteiger partial charge in [0, 0.05) is 0 Å². The molecule has 0 spiro atoms. The summed E-state index contributed by atoms with van der Waals surface area (Å²) >= 11 is 0. The predicted molar refractivity (Wildman–Crippen MR) is 97.4 cm³/mol. The van der Waals surface area contributed by atoms with Crippen molar-refractivity contribution in [1.29, 1.82) is 0 Å². The molecule has 0 heterocycles. The van der Waals surface area contributed by atoms with Gasteiger partial charge in [-0.05, 0) is 12.8 Å². The Bertz CT molecular complexity index is 598. The lowest BCUT2D eigenvalue weighted by atomic mass is 9.97. The zero-order chi connectivity index (χ0) is 22.0. The average molecular weight is 403 g/mol. The molecule has 28 heavy (non-hydrogen) atoms. The fraction of sp³-hybridized carbons (Fsp3) is 0.688. The number of primary amides is 1. The molecule has 5 unspecified atom stereocenters. The summed E-state index contributed by atoms with van der Waals surface area (Å²) in [6, 6.07) is -4.91. The number of carboxylic acid groups (broad SMARTS) is 1. The van der Waals surface area contributed by atoms with Gasteiger partial charge in [0.25, 0.3) is 0 Å². The number of aliphatic hydroxyl groups excluding tert-OH is 1. The number of nitrogens with two attached hydrogens (primary N) is 2. The molecule has 5 atom stereocenters. The number of nitrogens with one attached hydrogen (secondary N) is 3. The lowest BCUT2D eigenvalue weighted by Crippen LogP contribution is -2.58. The second-order valence-electron chi connectivity index (χ2n) is 6.46. The van der Waals surface area contributed by atoms with Crippen molar-refractivity contribution in [3.63, 3.8) is 0 Å². The molecule has 12 nitrogen and oxygen atoms in total. The van der Waals surface area contributed by atoms with E-state index in [1.165, 1.54) is 6.92 Å². The quantitative estimate of drug-likeness (QED) is 0.175. The number of amides is 4. The minimum Gasteiger partial charge on any atom is -0.480 e. The van der Waals surface area contributed by atoms with E-state index in [-0.39, 0.29) is 5.92 Å². The predicted octanol–water partition coefficient (Wildman–Crippen LogP) is -3.21. The zero-order valence-corrected chi connectivity index (χ0v) is 16.1. The molecule has 0 aromatic rings. The van der Waals surface area contributed by atoms with Crippen molar-refractivity contribution in [3.8, 4) is 0 Å². The Balaban J connectivity index is 5.18. The van der Waals surface area contributed by atoms with Crippen molar-refractivity contribution in [2.75, 3.05) is 6.61 Å². The van der Waals surface area contributed by atoms with E-state index in [9.17, 15) is 24.0 Å². The van der Waals surface area contributed by atoms with E-state index >= 15 is 0 Å². The summed E-state index contributed by atoms with van der Waals surface area (Å²) < 4.78 is 0. The number of hydrogen-bond donors (Lipinski definition) is 7. The molecule has 160 valence electrons. The van der Waals surface area contributed by atoms with Crippen LogP contribution in [0.1, 0.15) is 33.6 Å². The summed E-state index contributed by atoms with van der Waals surface area (Å²) in [6.45, 7) is 4.19. The molecule has 0 bridgehead atoms. The monoisotopic (exact) mass is 403 g/mol. The molecule has 4 amide bonds. The van der Waals surface area contributed by atoms with Crippen LogP contribution in [0.15, 0.2) is 0 Å². The number of hydrogen-bond acceptors (Lipinski definition) is 7. The number of carbonyl (C=O) groups is 5. The van der Waals surface area contributed by atoms with Gasteiger partial charge >= 0.3 is 5.97 Å². The fourth-order valence-electron chi connectivity index (χ4n) is 2.11. The first kappa shape index (κ1) is 25.3. The van der Waals surface area contributed by atoms with Crippen LogP contribution in [0.5, 0.6) is 0 Å². The molecule has 12 heteroatoms. The van der Waals surface area contributed by atoms with Crippen LogP contribution in [0.25, 0.3) is 0 Å². The molecule has 0 fully saturated rings. The number of rotatable bonds is 12. The third-order valence-corrected chi connectivity index (χ3v) is 4.10. The summed E-state index contributed by atoms with van der Waals surface area (Å²) in [5, 5.41) is 24.9. The first-order valence-corrected chi connectivity index (χ1v) is 8.73. The topological polar surface area (TPSA) is 214 Å². The van der Waals surface area contributed by atoms with E-state index in [2.05, 4.69) is 16.0 Å². The lowest BCUT2D eigenvalue weighted by Gasteiger charge is -2.27. The Kier molecular flexibility index (Phi) is 10.7. The maximum Gasteiger partial charge on any atom is 0.326 e. The average Bonchev–Trinajstić information content (AvgIpc) is 2.62. The molecular weight excluding hydrogens is 374 g/mol. The molecule has 0 aromatic heterocycles. The zero-order valence-electron chi connectivity index (χ0n) is 16.1. The molecule has 0 aliphatic heterocycles. The van der Waals surface area contributed by atoms with Crippen LogP contribution in [0, 0.1) is 5.92 Å². The second kappa shape index (κ2) is 11.9. The Morgan fingerprint density at radius 3 is 1.96 bits per heavy atom. The highest BCUT2D eigenvalue weighted by atomic mass is 16.4. The van der Waals surface area contributed by atoms with Gasteiger partial charge in [0.1, 0.15) is 24.2 Å². The van der Waals surface area contributed by atoms with Crippen LogP contribution in [0.3, 0.4) is 0 Å². The molecule has 0 rings (SSSR count). The van der Waals surface area contributed by atoms with Gasteiger partial charge in [-0.1, -0.05) is 20.3 Å². The van der Waals surface area contributed by atoms with Gasteiger partial charge < -0.3 is 37.6 Å². The van der Waals surface area contributed by atoms with Crippen molar-refractivity contribution in [2.24, 2.45) is 17.4 Å². The highest BCUT2D eigenvalue weighted by Crippen LogP contribution is 2.09. The number of aliphatic carboxylic acids is 1. The first-order chi connectivity index (χ1) is 12.9. The molecule has 0 aliphatic carbocycles. The largest absolute Gasteiger partial charge is 0.480 e. The van der Waals surface area contributed by atoms with Gasteiger partial charge in [-0.15, -0.1) is 0 Å². The van der Waals surface area contributed by atoms with E-state index in [1.807, 2.05) is 0 Å². The summed E-state index contributed by atoms with van der Waals surface area (Å²) in [5.41, 5.74) is 10.3. The first-order valence-electron chi connectivity index (χ1n) is 8.73. The van der Waals surface area contributed by atoms with Crippen molar-refractivity contribution in [1.82, 2.24) is 16.0 Å². The van der Waals surface area contributed by atoms with Gasteiger partial charge in [0.2, 0.25) is 23.6 Å². The molecule has 0 radical (unpaired) electrons. The maximum atomic E-state index is 12.5. The Morgan fingerprint density at radius 2 is 1.54 bits per heavy atom. The molecule has 0 saturated carbocycles. The van der Waals surface area contributed by atoms with Crippen LogP contribution in [0.2, 0.25) is 0 Å². The van der Waals surface area contributed by atoms with Crippen LogP contribution in [-0.4, -0.2) is 70.6 Å². The van der Waals surface area contributed by atoms with E-state index in [0.717, 1.165) is 0 Å². The maximum absolute atomic E-state index is 12.5. The van der Waals surface area contributed by atoms with Crippen molar-refractivity contribution >= 4 is 29.6 Å². The minimum absolute atomic E-state index is 0.380. The normalized spacial score (nSPS) is 16.0. The summed E-state index contributed by atoms with van der Waals surface area (Å²) in [7, 11) is 0. The van der Waals surface area contributed by atoms with E-state index in [1.54, 1.807) is 13.8 Å². The van der Waals surface area contributed by atoms with Crippen LogP contribution >= 0.6 is 0 Å². The number of aliphatic hydroxyl groups is 1. The van der Waals surface area contributed by atoms with Gasteiger partial charge in [0.05, 0.1) is 13.0 Å². The summed E-state index contributed by atoms with van der Waals surface area (Å²) in [6.07, 6.45) is -0.129. The number of carboxylic acids is 1. The fourth-order valence-corrected chi connectivity index (χ4v) is 2.11. The van der Waals surface area contributed by atoms with E-state index < -0.39 is 66.8 Å². The van der Waals surface area contributed by atoms with Crippen LogP contribution in [0.4, 0.5) is 0 Å². The minimum atomic E-state index is -1.53. The van der Waals surface area contributed by atoms with Gasteiger partial charge in [-0.3, -0.25) is 19.2 Å². The Hall–Kier alpha value is -2.73. The number of carbonyl (C=O) groups excluding carboxylic acids is 4. The van der Waals surface area contributed by atoms with Gasteiger partial charge in [-0.2, -0.15) is 0 Å². The molecule has 0 aliphatic rings. The molecule has 0 saturated heterocycles. The highest BCUT2D eigenvalue weighted by Gasteiger charge is 2.32. The van der Waals surface area contributed by atoms with Crippen LogP contribution < -0.4 is 27.4 Å². The van der Waals surface area contributed by atoms with Crippen molar-refractivity contribution < 1.29 is 34.2 Å². The highest BCUT2D eigenvalue weighted by molar-refractivity contribution is 5.94. The molecular formula is C16H29N5O7. The van der Waals surface area contributed by atoms with Crippen molar-refractivity contribution in [3.05, 3.63) is 0 Å². The SMILES string of the molecule is CCC(C)C(NC(=O)C(C)NC(=O)C(N)CO)C(=O)NC(CC(N)=O)C(=O)O. The lowest BCUT2D eigenvalue weighted by molar-refractivity contribution is -0.144. The second-order valence-corrected chi connectivity index (χ2v) is 6.46. The van der Waals surface area contributed by atoms with Gasteiger partial charge in [-0.25, -0.2) is 4.79 Å². The van der Waals surface area contributed by atoms with Gasteiger partial charge in [0.15, 0.2) is 0 Å². The van der Waals surface area contributed by atoms with E-state index in [4.69, 9.17) is 21.7 Å². The Labute approximate surface area is 162 Å². The summed E-state index contributed by atoms with van der Waals surface area (Å²) in [5.74, 6) is -4.99. The van der Waals surface area contributed by atoms with Crippen molar-refractivity contribution in [2.45, 2.75) is 57.8 Å². The summed E-state index contributed by atoms with van der Waals surface area (Å²) in [4.78, 5) is 58.6. The standard InChI is InChI=1S/C16H29N5O7/c1-4-7(2)12(15(26)20-10(16(27)28)5-11(18)23)21-13(24)8(3)19-14(25)9(17)6-22/h7-10,12,22H,4-6,17H2,1-3H3,(H2,18,23)(H,19,25)(H,20,26)(H,21,24)(H,27,28). The molecule has 0 aromatic carbocycles. The van der Waals surface area contributed by atoms with Crippen LogP contribution in [-0.2, 0) is 24.0 Å². The van der Waals surface area contributed by atoms with E-state index in [0.29, 0.717) is 6.42 Å². The smallest absolute Gasteiger partial charge is 0.326 e. The Morgan fingerprint density at radius 1 is 0.964 bits per heavy atom. The third-order valence-electron chi connectivity index (χ3n) is 4.10. The third kappa shape index (κ3) is 8.31. The molecule has 9 N–H and O–H groups in total.